The molecule has 0 aromatic heterocycles. The minimum Gasteiger partial charge on any atom is -0.299 e. The fraction of sp³-hybridized carbons (Fsp3) is 0.929. The molecule has 2 fully saturated rings. The van der Waals surface area contributed by atoms with E-state index < -0.39 is 0 Å². The van der Waals surface area contributed by atoms with Gasteiger partial charge >= 0.3 is 0 Å². The van der Waals surface area contributed by atoms with Crippen LogP contribution < -0.4 is 0 Å². The first-order valence-electron chi connectivity index (χ1n) is 6.50. The molecule has 0 aliphatic heterocycles. The zero-order chi connectivity index (χ0) is 11.2. The van der Waals surface area contributed by atoms with E-state index in [4.69, 9.17) is 0 Å². The Balaban J connectivity index is 2.26. The van der Waals surface area contributed by atoms with Crippen molar-refractivity contribution in [2.24, 2.45) is 29.1 Å². The predicted octanol–water partition coefficient (Wildman–Crippen LogP) is 3.67. The molecule has 0 heterocycles. The fourth-order valence-corrected chi connectivity index (χ4v) is 3.96. The first-order valence-corrected chi connectivity index (χ1v) is 6.50. The van der Waals surface area contributed by atoms with Gasteiger partial charge in [-0.3, -0.25) is 4.79 Å². The van der Waals surface area contributed by atoms with E-state index in [-0.39, 0.29) is 0 Å². The molecule has 0 amide bonds. The predicted molar refractivity (Wildman–Crippen MR) is 62.6 cm³/mol. The molecule has 4 unspecified atom stereocenters. The van der Waals surface area contributed by atoms with Crippen molar-refractivity contribution < 1.29 is 4.79 Å². The third-order valence-electron chi connectivity index (χ3n) is 5.56. The Hall–Kier alpha value is -0.330. The van der Waals surface area contributed by atoms with E-state index in [1.54, 1.807) is 0 Å². The van der Waals surface area contributed by atoms with Crippen LogP contribution in [0.15, 0.2) is 0 Å². The van der Waals surface area contributed by atoms with Crippen molar-refractivity contribution in [1.82, 2.24) is 0 Å². The number of carbonyl (C=O) groups is 1. The number of ketones is 1. The summed E-state index contributed by atoms with van der Waals surface area (Å²) in [5, 5.41) is 0. The Labute approximate surface area is 93.6 Å². The van der Waals surface area contributed by atoms with Crippen LogP contribution in [0.5, 0.6) is 0 Å². The second kappa shape index (κ2) is 3.61. The van der Waals surface area contributed by atoms with Crippen LogP contribution in [0.2, 0.25) is 0 Å². The van der Waals surface area contributed by atoms with E-state index in [0.29, 0.717) is 23.0 Å². The second-order valence-electron chi connectivity index (χ2n) is 6.23. The second-order valence-corrected chi connectivity index (χ2v) is 6.23. The van der Waals surface area contributed by atoms with Crippen LogP contribution in [0.4, 0.5) is 0 Å². The number of carbonyl (C=O) groups excluding carboxylic acids is 1. The van der Waals surface area contributed by atoms with Crippen molar-refractivity contribution in [2.45, 2.75) is 53.4 Å². The van der Waals surface area contributed by atoms with Gasteiger partial charge in [-0.1, -0.05) is 27.7 Å². The monoisotopic (exact) mass is 208 g/mol. The molecule has 1 nitrogen and oxygen atoms in total. The van der Waals surface area contributed by atoms with Gasteiger partial charge in [-0.05, 0) is 42.4 Å². The molecular weight excluding hydrogens is 184 g/mol. The Morgan fingerprint density at radius 3 is 2.07 bits per heavy atom. The number of Topliss-reactive ketones (excluding diaryl/α,β-unsaturated/α-hetero) is 1. The highest BCUT2D eigenvalue weighted by Gasteiger charge is 2.51. The van der Waals surface area contributed by atoms with Crippen LogP contribution in [0.3, 0.4) is 0 Å². The van der Waals surface area contributed by atoms with Crippen LogP contribution in [-0.2, 0) is 4.79 Å². The van der Waals surface area contributed by atoms with Crippen molar-refractivity contribution in [3.63, 3.8) is 0 Å². The van der Waals surface area contributed by atoms with Crippen LogP contribution in [0.25, 0.3) is 0 Å². The lowest BCUT2D eigenvalue weighted by molar-refractivity contribution is -0.133. The molecule has 15 heavy (non-hydrogen) atoms. The largest absolute Gasteiger partial charge is 0.299 e. The molecule has 2 saturated carbocycles. The van der Waals surface area contributed by atoms with Crippen LogP contribution in [-0.4, -0.2) is 5.78 Å². The summed E-state index contributed by atoms with van der Waals surface area (Å²) in [6.45, 7) is 9.10. The normalized spacial score (nSPS) is 51.3. The number of hydrogen-bond donors (Lipinski definition) is 0. The summed E-state index contributed by atoms with van der Waals surface area (Å²) < 4.78 is 0. The maximum atomic E-state index is 12.1. The van der Waals surface area contributed by atoms with Crippen molar-refractivity contribution >= 4 is 5.78 Å². The fourth-order valence-electron chi connectivity index (χ4n) is 3.96. The lowest BCUT2D eigenvalue weighted by Gasteiger charge is -2.45. The summed E-state index contributed by atoms with van der Waals surface area (Å²) in [5.74, 6) is 2.93. The summed E-state index contributed by atoms with van der Waals surface area (Å²) in [4.78, 5) is 12.1. The molecule has 1 spiro atoms. The van der Waals surface area contributed by atoms with Gasteiger partial charge in [0.1, 0.15) is 5.78 Å². The van der Waals surface area contributed by atoms with Gasteiger partial charge in [0.15, 0.2) is 0 Å². The third kappa shape index (κ3) is 1.55. The summed E-state index contributed by atoms with van der Waals surface area (Å²) >= 11 is 0. The van der Waals surface area contributed by atoms with Gasteiger partial charge in [0.05, 0.1) is 0 Å². The summed E-state index contributed by atoms with van der Waals surface area (Å²) in [5.41, 5.74) is 0.364. The van der Waals surface area contributed by atoms with E-state index in [0.717, 1.165) is 18.3 Å². The van der Waals surface area contributed by atoms with E-state index in [1.807, 2.05) is 0 Å². The first kappa shape index (κ1) is 11.2. The standard InChI is InChI=1S/C14H24O/c1-9-7-14(8-13(15)12(9)4)10(2)5-6-11(14)3/h9-12H,5-8H2,1-4H3. The quantitative estimate of drug-likeness (QED) is 0.593. The Morgan fingerprint density at radius 1 is 1.07 bits per heavy atom. The number of hydrogen-bond acceptors (Lipinski definition) is 1. The van der Waals surface area contributed by atoms with Gasteiger partial charge in [-0.2, -0.15) is 0 Å². The molecule has 4 atom stereocenters. The zero-order valence-corrected chi connectivity index (χ0v) is 10.5. The molecule has 0 saturated heterocycles. The minimum atomic E-state index is 0.302. The van der Waals surface area contributed by atoms with Crippen molar-refractivity contribution in [3.05, 3.63) is 0 Å². The maximum Gasteiger partial charge on any atom is 0.136 e. The van der Waals surface area contributed by atoms with Crippen LogP contribution >= 0.6 is 0 Å². The summed E-state index contributed by atoms with van der Waals surface area (Å²) in [7, 11) is 0. The third-order valence-corrected chi connectivity index (χ3v) is 5.56. The average Bonchev–Trinajstić information content (AvgIpc) is 2.43. The summed E-state index contributed by atoms with van der Waals surface area (Å²) in [6, 6.07) is 0. The maximum absolute atomic E-state index is 12.1. The van der Waals surface area contributed by atoms with Gasteiger partial charge in [0.2, 0.25) is 0 Å². The molecular formula is C14H24O. The molecule has 2 rings (SSSR count). The van der Waals surface area contributed by atoms with E-state index in [1.165, 1.54) is 19.3 Å². The van der Waals surface area contributed by atoms with E-state index >= 15 is 0 Å². The van der Waals surface area contributed by atoms with Gasteiger partial charge < -0.3 is 0 Å². The molecule has 2 aliphatic carbocycles. The highest BCUT2D eigenvalue weighted by atomic mass is 16.1. The smallest absolute Gasteiger partial charge is 0.136 e. The highest BCUT2D eigenvalue weighted by Crippen LogP contribution is 2.57. The van der Waals surface area contributed by atoms with Crippen LogP contribution in [0.1, 0.15) is 53.4 Å². The van der Waals surface area contributed by atoms with Crippen molar-refractivity contribution in [2.75, 3.05) is 0 Å². The molecule has 86 valence electrons. The molecule has 0 N–H and O–H groups in total. The molecule has 0 aromatic carbocycles. The van der Waals surface area contributed by atoms with Crippen molar-refractivity contribution in [1.29, 1.82) is 0 Å². The SMILES string of the molecule is CC1CC2(CC(=O)C1C)C(C)CCC2C. The van der Waals surface area contributed by atoms with E-state index in [9.17, 15) is 4.79 Å². The topological polar surface area (TPSA) is 17.1 Å². The Morgan fingerprint density at radius 2 is 1.60 bits per heavy atom. The van der Waals surface area contributed by atoms with Crippen molar-refractivity contribution in [3.8, 4) is 0 Å². The molecule has 2 aliphatic rings. The lowest BCUT2D eigenvalue weighted by Crippen LogP contribution is -2.42. The van der Waals surface area contributed by atoms with E-state index in [2.05, 4.69) is 27.7 Å². The Bertz CT molecular complexity index is 259. The molecule has 0 aromatic rings. The van der Waals surface area contributed by atoms with Gasteiger partial charge in [-0.25, -0.2) is 0 Å². The first-order chi connectivity index (χ1) is 6.97. The average molecular weight is 208 g/mol. The summed E-state index contributed by atoms with van der Waals surface area (Å²) in [6.07, 6.45) is 4.80. The van der Waals surface area contributed by atoms with Gasteiger partial charge in [0.25, 0.3) is 0 Å². The van der Waals surface area contributed by atoms with Crippen LogP contribution in [0, 0.1) is 29.1 Å². The lowest BCUT2D eigenvalue weighted by atomic mass is 9.58. The molecule has 0 bridgehead atoms. The Kier molecular flexibility index (Phi) is 2.68. The highest BCUT2D eigenvalue weighted by molar-refractivity contribution is 5.82. The zero-order valence-electron chi connectivity index (χ0n) is 10.5. The minimum absolute atomic E-state index is 0.302. The number of rotatable bonds is 0. The van der Waals surface area contributed by atoms with Gasteiger partial charge in [0, 0.05) is 12.3 Å². The molecule has 1 heteroatoms. The molecule has 0 radical (unpaired) electrons. The van der Waals surface area contributed by atoms with Gasteiger partial charge in [-0.15, -0.1) is 0 Å².